The zero-order valence-corrected chi connectivity index (χ0v) is 12.3. The second kappa shape index (κ2) is 4.75. The number of ether oxygens (including phenoxy) is 1. The van der Waals surface area contributed by atoms with Crippen LogP contribution in [0.2, 0.25) is 0 Å². The molecule has 0 amide bonds. The first-order valence-corrected chi connectivity index (χ1v) is 7.70. The van der Waals surface area contributed by atoms with Crippen molar-refractivity contribution >= 4 is 37.5 Å². The van der Waals surface area contributed by atoms with Crippen LogP contribution < -0.4 is 5.56 Å². The summed E-state index contributed by atoms with van der Waals surface area (Å²) in [5.41, 5.74) is 1.08. The second-order valence-corrected chi connectivity index (χ2v) is 6.49. The molecule has 2 aromatic rings. The molecule has 2 heterocycles. The molecule has 96 valence electrons. The van der Waals surface area contributed by atoms with Crippen molar-refractivity contribution in [3.63, 3.8) is 0 Å². The van der Waals surface area contributed by atoms with Crippen LogP contribution in [0.4, 0.5) is 0 Å². The van der Waals surface area contributed by atoms with E-state index in [0.717, 1.165) is 33.5 Å². The quantitative estimate of drug-likeness (QED) is 0.862. The number of nitrogens with zero attached hydrogens (tertiary/aromatic N) is 1. The van der Waals surface area contributed by atoms with Gasteiger partial charge in [0.2, 0.25) is 0 Å². The molecule has 0 spiro atoms. The average molecular weight is 329 g/mol. The number of thiophene rings is 1. The zero-order chi connectivity index (χ0) is 12.7. The fourth-order valence-electron chi connectivity index (χ4n) is 2.45. The number of fused-ring (bicyclic) bond motifs is 3. The fourth-order valence-corrected chi connectivity index (χ4v) is 4.58. The molecule has 2 aromatic heterocycles. The van der Waals surface area contributed by atoms with Crippen molar-refractivity contribution in [1.82, 2.24) is 9.97 Å². The van der Waals surface area contributed by atoms with Gasteiger partial charge in [0.05, 0.1) is 11.7 Å². The van der Waals surface area contributed by atoms with Crippen LogP contribution in [0, 0.1) is 0 Å². The van der Waals surface area contributed by atoms with Crippen LogP contribution in [0.3, 0.4) is 0 Å². The lowest BCUT2D eigenvalue weighted by Crippen LogP contribution is -2.22. The Hall–Kier alpha value is -0.720. The molecule has 0 aliphatic heterocycles. The molecule has 1 aliphatic rings. The lowest BCUT2D eigenvalue weighted by atomic mass is 9.95. The van der Waals surface area contributed by atoms with E-state index < -0.39 is 0 Å². The number of aromatic nitrogens is 2. The monoisotopic (exact) mass is 328 g/mol. The third-order valence-corrected chi connectivity index (χ3v) is 5.37. The van der Waals surface area contributed by atoms with Crippen LogP contribution in [0.5, 0.6) is 0 Å². The number of halogens is 1. The number of aromatic amines is 1. The van der Waals surface area contributed by atoms with E-state index in [1.807, 2.05) is 6.92 Å². The molecule has 0 radical (unpaired) electrons. The van der Waals surface area contributed by atoms with Crippen LogP contribution in [0.25, 0.3) is 10.2 Å². The van der Waals surface area contributed by atoms with Crippen LogP contribution >= 0.6 is 27.3 Å². The maximum Gasteiger partial charge on any atom is 0.259 e. The minimum atomic E-state index is -0.0410. The summed E-state index contributed by atoms with van der Waals surface area (Å²) < 4.78 is 5.81. The molecule has 1 aliphatic carbocycles. The predicted octanol–water partition coefficient (Wildman–Crippen LogP) is 2.77. The highest BCUT2D eigenvalue weighted by molar-refractivity contribution is 9.09. The Morgan fingerprint density at radius 3 is 3.28 bits per heavy atom. The highest BCUT2D eigenvalue weighted by Crippen LogP contribution is 2.43. The van der Waals surface area contributed by atoms with Crippen LogP contribution in [-0.4, -0.2) is 21.4 Å². The smallest absolute Gasteiger partial charge is 0.259 e. The van der Waals surface area contributed by atoms with Gasteiger partial charge in [-0.05, 0) is 25.3 Å². The topological polar surface area (TPSA) is 55.0 Å². The lowest BCUT2D eigenvalue weighted by molar-refractivity contribution is 0.0589. The molecule has 0 fully saturated rings. The molecule has 2 atom stereocenters. The molecule has 4 nitrogen and oxygen atoms in total. The van der Waals surface area contributed by atoms with E-state index in [0.29, 0.717) is 11.4 Å². The Bertz CT molecular complexity index is 637. The van der Waals surface area contributed by atoms with E-state index in [2.05, 4.69) is 25.9 Å². The Labute approximate surface area is 117 Å². The first kappa shape index (κ1) is 12.3. The Kier molecular flexibility index (Phi) is 3.25. The summed E-state index contributed by atoms with van der Waals surface area (Å²) in [4.78, 5) is 21.1. The molecule has 0 saturated carbocycles. The maximum atomic E-state index is 11.9. The predicted molar refractivity (Wildman–Crippen MR) is 75.6 cm³/mol. The van der Waals surface area contributed by atoms with E-state index in [-0.39, 0.29) is 11.7 Å². The average Bonchev–Trinajstić information content (AvgIpc) is 2.73. The van der Waals surface area contributed by atoms with Crippen molar-refractivity contribution < 1.29 is 4.74 Å². The van der Waals surface area contributed by atoms with Gasteiger partial charge in [-0.15, -0.1) is 11.3 Å². The highest BCUT2D eigenvalue weighted by atomic mass is 79.9. The van der Waals surface area contributed by atoms with Crippen molar-refractivity contribution in [2.45, 2.75) is 30.7 Å². The van der Waals surface area contributed by atoms with Crippen LogP contribution in [-0.2, 0) is 11.2 Å². The molecule has 0 saturated heterocycles. The first-order valence-electron chi connectivity index (χ1n) is 5.97. The first-order chi connectivity index (χ1) is 8.72. The summed E-state index contributed by atoms with van der Waals surface area (Å²) in [6, 6.07) is 0. The second-order valence-electron chi connectivity index (χ2n) is 4.29. The summed E-state index contributed by atoms with van der Waals surface area (Å²) in [6.45, 7) is 2.66. The minimum absolute atomic E-state index is 0.0392. The molecule has 2 unspecified atom stereocenters. The van der Waals surface area contributed by atoms with Gasteiger partial charge in [-0.25, -0.2) is 4.98 Å². The zero-order valence-electron chi connectivity index (χ0n) is 9.90. The number of aryl methyl sites for hydroxylation is 1. The normalized spacial score (nSPS) is 23.2. The SMILES string of the molecule is CCOC1c2sc3nc[nH]c(=O)c3c2CCC1Br. The van der Waals surface area contributed by atoms with Crippen molar-refractivity contribution in [2.75, 3.05) is 6.61 Å². The Balaban J connectivity index is 2.22. The van der Waals surface area contributed by atoms with Gasteiger partial charge in [-0.2, -0.15) is 0 Å². The number of hydrogen-bond acceptors (Lipinski definition) is 4. The van der Waals surface area contributed by atoms with E-state index in [4.69, 9.17) is 4.74 Å². The molecule has 6 heteroatoms. The molecule has 1 N–H and O–H groups in total. The molecular weight excluding hydrogens is 316 g/mol. The van der Waals surface area contributed by atoms with Gasteiger partial charge in [0, 0.05) is 16.3 Å². The van der Waals surface area contributed by atoms with Gasteiger partial charge in [-0.3, -0.25) is 4.79 Å². The summed E-state index contributed by atoms with van der Waals surface area (Å²) in [5.74, 6) is 0. The number of hydrogen-bond donors (Lipinski definition) is 1. The Morgan fingerprint density at radius 1 is 1.67 bits per heavy atom. The summed E-state index contributed by atoms with van der Waals surface area (Å²) in [7, 11) is 0. The van der Waals surface area contributed by atoms with Gasteiger partial charge >= 0.3 is 0 Å². The molecular formula is C12H13BrN2O2S. The van der Waals surface area contributed by atoms with Crippen molar-refractivity contribution in [3.05, 3.63) is 27.1 Å². The van der Waals surface area contributed by atoms with Crippen molar-refractivity contribution in [1.29, 1.82) is 0 Å². The van der Waals surface area contributed by atoms with Crippen LogP contribution in [0.1, 0.15) is 29.9 Å². The van der Waals surface area contributed by atoms with E-state index >= 15 is 0 Å². The number of rotatable bonds is 2. The summed E-state index contributed by atoms with van der Waals surface area (Å²) in [5, 5.41) is 0.751. The molecule has 0 aromatic carbocycles. The standard InChI is InChI=1S/C12H13BrN2O2S/c1-2-17-9-7(13)4-3-6-8-11(16)14-5-15-12(8)18-10(6)9/h5,7,9H,2-4H2,1H3,(H,14,15,16). The van der Waals surface area contributed by atoms with Crippen molar-refractivity contribution in [2.24, 2.45) is 0 Å². The highest BCUT2D eigenvalue weighted by Gasteiger charge is 2.32. The summed E-state index contributed by atoms with van der Waals surface area (Å²) in [6.07, 6.45) is 3.40. The van der Waals surface area contributed by atoms with Crippen molar-refractivity contribution in [3.8, 4) is 0 Å². The van der Waals surface area contributed by atoms with Gasteiger partial charge in [-0.1, -0.05) is 15.9 Å². The van der Waals surface area contributed by atoms with E-state index in [9.17, 15) is 4.79 Å². The third-order valence-electron chi connectivity index (χ3n) is 3.23. The van der Waals surface area contributed by atoms with E-state index in [1.54, 1.807) is 11.3 Å². The summed E-state index contributed by atoms with van der Waals surface area (Å²) >= 11 is 5.26. The maximum absolute atomic E-state index is 11.9. The van der Waals surface area contributed by atoms with Gasteiger partial charge in [0.1, 0.15) is 10.9 Å². The van der Waals surface area contributed by atoms with Gasteiger partial charge in [0.25, 0.3) is 5.56 Å². The van der Waals surface area contributed by atoms with E-state index in [1.165, 1.54) is 6.33 Å². The fraction of sp³-hybridized carbons (Fsp3) is 0.500. The number of H-pyrrole nitrogens is 1. The third kappa shape index (κ3) is 1.83. The minimum Gasteiger partial charge on any atom is -0.372 e. The van der Waals surface area contributed by atoms with Crippen LogP contribution in [0.15, 0.2) is 11.1 Å². The largest absolute Gasteiger partial charge is 0.372 e. The molecule has 0 bridgehead atoms. The van der Waals surface area contributed by atoms with Gasteiger partial charge in [0.15, 0.2) is 0 Å². The molecule has 3 rings (SSSR count). The number of alkyl halides is 1. The lowest BCUT2D eigenvalue weighted by Gasteiger charge is -2.27. The Morgan fingerprint density at radius 2 is 2.50 bits per heavy atom. The number of nitrogens with one attached hydrogen (secondary N) is 1. The van der Waals surface area contributed by atoms with Gasteiger partial charge < -0.3 is 9.72 Å². The molecule has 18 heavy (non-hydrogen) atoms.